The number of rotatable bonds is 4. The van der Waals surface area contributed by atoms with Crippen LogP contribution in [0.15, 0.2) is 53.4 Å². The zero-order valence-corrected chi connectivity index (χ0v) is 15.7. The van der Waals surface area contributed by atoms with Gasteiger partial charge in [-0.05, 0) is 49.6 Å². The maximum Gasteiger partial charge on any atom is 0.241 e. The summed E-state index contributed by atoms with van der Waals surface area (Å²) >= 11 is 1.29. The van der Waals surface area contributed by atoms with Crippen molar-refractivity contribution in [2.45, 2.75) is 41.5 Å². The van der Waals surface area contributed by atoms with E-state index in [0.29, 0.717) is 4.90 Å². The molecule has 2 fully saturated rings. The summed E-state index contributed by atoms with van der Waals surface area (Å²) in [7, 11) is 0. The van der Waals surface area contributed by atoms with Crippen LogP contribution < -0.4 is 5.32 Å². The number of hydrogen-bond donors (Lipinski definition) is 1. The van der Waals surface area contributed by atoms with Crippen molar-refractivity contribution < 1.29 is 13.6 Å². The molecule has 4 rings (SSSR count). The van der Waals surface area contributed by atoms with Crippen molar-refractivity contribution in [1.29, 1.82) is 0 Å². The monoisotopic (exact) mass is 388 g/mol. The van der Waals surface area contributed by atoms with Crippen LogP contribution in [0.2, 0.25) is 0 Å². The number of fused-ring (bicyclic) bond motifs is 2. The molecule has 3 nitrogen and oxygen atoms in total. The summed E-state index contributed by atoms with van der Waals surface area (Å²) in [5, 5.41) is 2.94. The molecule has 0 saturated carbocycles. The molecule has 2 heterocycles. The van der Waals surface area contributed by atoms with Crippen molar-refractivity contribution in [1.82, 2.24) is 10.2 Å². The molecule has 27 heavy (non-hydrogen) atoms. The second-order valence-electron chi connectivity index (χ2n) is 7.11. The molecule has 1 N–H and O–H groups in total. The van der Waals surface area contributed by atoms with Crippen molar-refractivity contribution in [3.8, 4) is 0 Å². The Morgan fingerprint density at radius 2 is 1.81 bits per heavy atom. The number of carbonyl (C=O) groups is 1. The minimum Gasteiger partial charge on any atom is -0.334 e. The molecule has 142 valence electrons. The smallest absolute Gasteiger partial charge is 0.241 e. The Labute approximate surface area is 162 Å². The molecule has 0 spiro atoms. The predicted octanol–water partition coefficient (Wildman–Crippen LogP) is 4.15. The molecule has 0 aliphatic carbocycles. The highest BCUT2D eigenvalue weighted by atomic mass is 32.2. The number of carbonyl (C=O) groups excluding carboxylic acids is 1. The Kier molecular flexibility index (Phi) is 5.45. The van der Waals surface area contributed by atoms with Crippen molar-refractivity contribution in [3.05, 3.63) is 65.7 Å². The van der Waals surface area contributed by atoms with Gasteiger partial charge >= 0.3 is 0 Å². The van der Waals surface area contributed by atoms with Crippen LogP contribution in [0.4, 0.5) is 8.78 Å². The zero-order valence-electron chi connectivity index (χ0n) is 14.9. The van der Waals surface area contributed by atoms with Gasteiger partial charge in [0.05, 0.1) is 0 Å². The first-order valence-electron chi connectivity index (χ1n) is 9.33. The van der Waals surface area contributed by atoms with E-state index >= 15 is 0 Å². The second-order valence-corrected chi connectivity index (χ2v) is 8.29. The molecule has 0 aromatic heterocycles. The fourth-order valence-electron chi connectivity index (χ4n) is 4.05. The van der Waals surface area contributed by atoms with Crippen molar-refractivity contribution in [3.63, 3.8) is 0 Å². The third-order valence-corrected chi connectivity index (χ3v) is 6.62. The van der Waals surface area contributed by atoms with E-state index in [0.717, 1.165) is 44.0 Å². The van der Waals surface area contributed by atoms with Crippen molar-refractivity contribution in [2.24, 2.45) is 0 Å². The molecule has 3 unspecified atom stereocenters. The van der Waals surface area contributed by atoms with E-state index in [-0.39, 0.29) is 18.0 Å². The lowest BCUT2D eigenvalue weighted by Crippen LogP contribution is -2.44. The topological polar surface area (TPSA) is 32.3 Å². The summed E-state index contributed by atoms with van der Waals surface area (Å²) in [5.74, 6) is -1.70. The summed E-state index contributed by atoms with van der Waals surface area (Å²) in [6.07, 6.45) is 3.01. The predicted molar refractivity (Wildman–Crippen MR) is 103 cm³/mol. The van der Waals surface area contributed by atoms with E-state index in [1.54, 1.807) is 0 Å². The Balaban J connectivity index is 1.65. The summed E-state index contributed by atoms with van der Waals surface area (Å²) < 4.78 is 27.0. The Morgan fingerprint density at radius 1 is 1.04 bits per heavy atom. The highest BCUT2D eigenvalue weighted by Gasteiger charge is 2.41. The average molecular weight is 388 g/mol. The van der Waals surface area contributed by atoms with Gasteiger partial charge in [0.15, 0.2) is 11.6 Å². The van der Waals surface area contributed by atoms with Gasteiger partial charge in [-0.15, -0.1) is 11.8 Å². The van der Waals surface area contributed by atoms with E-state index < -0.39 is 16.9 Å². The van der Waals surface area contributed by atoms with E-state index in [2.05, 4.69) is 5.32 Å². The summed E-state index contributed by atoms with van der Waals surface area (Å²) in [6.45, 7) is 1.75. The molecule has 3 atom stereocenters. The van der Waals surface area contributed by atoms with Gasteiger partial charge in [0.2, 0.25) is 5.91 Å². The van der Waals surface area contributed by atoms with E-state index in [1.807, 2.05) is 35.2 Å². The molecule has 2 aromatic rings. The number of benzene rings is 2. The minimum absolute atomic E-state index is 0.0622. The number of amides is 1. The molecule has 2 aliphatic heterocycles. The van der Waals surface area contributed by atoms with Crippen LogP contribution in [-0.2, 0) is 4.79 Å². The first kappa shape index (κ1) is 18.4. The lowest BCUT2D eigenvalue weighted by Gasteiger charge is -2.31. The third kappa shape index (κ3) is 3.87. The molecule has 0 radical (unpaired) electrons. The minimum atomic E-state index is -0.890. The number of nitrogens with one attached hydrogen (secondary N) is 1. The summed E-state index contributed by atoms with van der Waals surface area (Å²) in [5.41, 5.74) is 0.883. The zero-order chi connectivity index (χ0) is 18.8. The standard InChI is InChI=1S/C21H22F2N2OS/c22-18-9-8-17(12-19(18)23)27-20(14-4-2-1-3-5-14)21(26)25-15-6-7-16(25)13-24-11-10-15/h1-5,8-9,12,15-16,20,24H,6-7,10-11,13H2. The van der Waals surface area contributed by atoms with E-state index in [1.165, 1.54) is 23.9 Å². The van der Waals surface area contributed by atoms with Gasteiger partial charge in [0.1, 0.15) is 5.25 Å². The van der Waals surface area contributed by atoms with Crippen LogP contribution in [-0.4, -0.2) is 36.0 Å². The quantitative estimate of drug-likeness (QED) is 0.799. The molecule has 2 saturated heterocycles. The fourth-order valence-corrected chi connectivity index (χ4v) is 5.16. The lowest BCUT2D eigenvalue weighted by atomic mass is 10.1. The third-order valence-electron chi connectivity index (χ3n) is 5.38. The normalized spacial score (nSPS) is 23.1. The molecule has 1 amide bonds. The van der Waals surface area contributed by atoms with E-state index in [9.17, 15) is 13.6 Å². The summed E-state index contributed by atoms with van der Waals surface area (Å²) in [4.78, 5) is 16.2. The van der Waals surface area contributed by atoms with Gasteiger partial charge in [-0.25, -0.2) is 8.78 Å². The number of thioether (sulfide) groups is 1. The lowest BCUT2D eigenvalue weighted by molar-refractivity contribution is -0.133. The number of halogens is 2. The Bertz CT molecular complexity index is 803. The molecule has 2 aliphatic rings. The SMILES string of the molecule is O=C(C(Sc1ccc(F)c(F)c1)c1ccccc1)N1C2CCNCC1CC2. The van der Waals surface area contributed by atoms with Crippen LogP contribution in [0.25, 0.3) is 0 Å². The maximum absolute atomic E-state index is 13.7. The van der Waals surface area contributed by atoms with Crippen molar-refractivity contribution in [2.75, 3.05) is 13.1 Å². The second kappa shape index (κ2) is 7.98. The van der Waals surface area contributed by atoms with Crippen LogP contribution in [0, 0.1) is 11.6 Å². The van der Waals surface area contributed by atoms with Gasteiger partial charge in [0, 0.05) is 23.5 Å². The maximum atomic E-state index is 13.7. The molecular formula is C21H22F2N2OS. The molecule has 6 heteroatoms. The van der Waals surface area contributed by atoms with Gasteiger partial charge in [-0.3, -0.25) is 4.79 Å². The van der Waals surface area contributed by atoms with Crippen LogP contribution in [0.1, 0.15) is 30.1 Å². The van der Waals surface area contributed by atoms with Gasteiger partial charge < -0.3 is 10.2 Å². The number of nitrogens with zero attached hydrogens (tertiary/aromatic N) is 1. The highest BCUT2D eigenvalue weighted by molar-refractivity contribution is 8.00. The molecular weight excluding hydrogens is 366 g/mol. The average Bonchev–Trinajstić information content (AvgIpc) is 2.95. The highest BCUT2D eigenvalue weighted by Crippen LogP contribution is 2.40. The van der Waals surface area contributed by atoms with Crippen molar-refractivity contribution >= 4 is 17.7 Å². The number of hydrogen-bond acceptors (Lipinski definition) is 3. The summed E-state index contributed by atoms with van der Waals surface area (Å²) in [6, 6.07) is 13.8. The van der Waals surface area contributed by atoms with Crippen LogP contribution in [0.3, 0.4) is 0 Å². The largest absolute Gasteiger partial charge is 0.334 e. The van der Waals surface area contributed by atoms with E-state index in [4.69, 9.17) is 0 Å². The molecule has 2 aromatic carbocycles. The van der Waals surface area contributed by atoms with Gasteiger partial charge in [0.25, 0.3) is 0 Å². The first-order valence-corrected chi connectivity index (χ1v) is 10.2. The van der Waals surface area contributed by atoms with Gasteiger partial charge in [-0.1, -0.05) is 30.3 Å². The fraction of sp³-hybridized carbons (Fsp3) is 0.381. The van der Waals surface area contributed by atoms with Crippen LogP contribution >= 0.6 is 11.8 Å². The van der Waals surface area contributed by atoms with Crippen LogP contribution in [0.5, 0.6) is 0 Å². The first-order chi connectivity index (χ1) is 13.1. The molecule has 2 bridgehead atoms. The Hall–Kier alpha value is -1.92. The Morgan fingerprint density at radius 3 is 2.59 bits per heavy atom. The van der Waals surface area contributed by atoms with Gasteiger partial charge in [-0.2, -0.15) is 0 Å².